The largest absolute Gasteiger partial charge is 0.465 e. The molecule has 2 fully saturated rings. The van der Waals surface area contributed by atoms with Crippen LogP contribution in [0.5, 0.6) is 0 Å². The highest BCUT2D eigenvalue weighted by atomic mass is 35.5. The van der Waals surface area contributed by atoms with E-state index in [2.05, 4.69) is 4.74 Å². The lowest BCUT2D eigenvalue weighted by Gasteiger charge is -2.36. The molecule has 1 aliphatic heterocycles. The predicted octanol–water partition coefficient (Wildman–Crippen LogP) is 4.44. The van der Waals surface area contributed by atoms with Crippen LogP contribution in [-0.4, -0.2) is 49.7 Å². The molecule has 0 radical (unpaired) electrons. The number of hydrogen-bond donors (Lipinski definition) is 0. The average molecular weight is 539 g/mol. The van der Waals surface area contributed by atoms with Gasteiger partial charge in [-0.15, -0.1) is 0 Å². The summed E-state index contributed by atoms with van der Waals surface area (Å²) in [5.74, 6) is -1.73. The minimum Gasteiger partial charge on any atom is -0.465 e. The van der Waals surface area contributed by atoms with E-state index in [0.717, 1.165) is 24.2 Å². The Bertz CT molecular complexity index is 1260. The van der Waals surface area contributed by atoms with Gasteiger partial charge in [0.25, 0.3) is 5.91 Å². The third-order valence-electron chi connectivity index (χ3n) is 6.36. The molecule has 0 bridgehead atoms. The zero-order valence-electron chi connectivity index (χ0n) is 18.9. The second-order valence-electron chi connectivity index (χ2n) is 8.53. The smallest absolute Gasteiger partial charge is 0.337 e. The van der Waals surface area contributed by atoms with Crippen molar-refractivity contribution in [2.45, 2.75) is 55.5 Å². The summed E-state index contributed by atoms with van der Waals surface area (Å²) in [6, 6.07) is 8.27. The molecule has 1 aliphatic carbocycles. The summed E-state index contributed by atoms with van der Waals surface area (Å²) in [5.41, 5.74) is 0.505. The number of hydrogen-bond acceptors (Lipinski definition) is 6. The topological polar surface area (TPSA) is 101 Å². The normalized spacial score (nSPS) is 19.4. The van der Waals surface area contributed by atoms with Crippen molar-refractivity contribution in [1.82, 2.24) is 4.31 Å². The van der Waals surface area contributed by atoms with Crippen molar-refractivity contribution in [3.63, 3.8) is 0 Å². The lowest BCUT2D eigenvalue weighted by atomic mass is 9.94. The lowest BCUT2D eigenvalue weighted by Crippen LogP contribution is -2.51. The van der Waals surface area contributed by atoms with Crippen LogP contribution < -0.4 is 4.90 Å². The van der Waals surface area contributed by atoms with Gasteiger partial charge in [0, 0.05) is 11.1 Å². The number of carbonyl (C=O) groups is 3. The van der Waals surface area contributed by atoms with Crippen molar-refractivity contribution in [3.8, 4) is 0 Å². The maximum Gasteiger partial charge on any atom is 0.337 e. The number of nitrogens with zero attached hydrogens (tertiary/aromatic N) is 2. The highest BCUT2D eigenvalue weighted by Gasteiger charge is 2.49. The number of anilines is 1. The zero-order chi connectivity index (χ0) is 25.3. The minimum atomic E-state index is -4.26. The number of rotatable bonds is 6. The maximum absolute atomic E-state index is 13.9. The Balaban J connectivity index is 1.73. The fraction of sp³-hybridized carbons (Fsp3) is 0.375. The number of imide groups is 1. The van der Waals surface area contributed by atoms with Crippen LogP contribution >= 0.6 is 23.2 Å². The number of benzene rings is 2. The van der Waals surface area contributed by atoms with Gasteiger partial charge in [-0.1, -0.05) is 42.5 Å². The molecule has 0 aromatic heterocycles. The SMILES string of the molecule is COC(=O)c1ccc(N2C(=O)CC(N(C3CCCCC3)S(=O)(=O)c3cc(Cl)ccc3Cl)C2=O)cc1. The van der Waals surface area contributed by atoms with Gasteiger partial charge in [-0.3, -0.25) is 9.59 Å². The van der Waals surface area contributed by atoms with Gasteiger partial charge < -0.3 is 4.74 Å². The molecule has 1 atom stereocenters. The molecule has 35 heavy (non-hydrogen) atoms. The van der Waals surface area contributed by atoms with Crippen molar-refractivity contribution in [3.05, 3.63) is 58.1 Å². The summed E-state index contributed by atoms with van der Waals surface area (Å²) in [4.78, 5) is 39.0. The van der Waals surface area contributed by atoms with Crippen molar-refractivity contribution in [2.24, 2.45) is 0 Å². The summed E-state index contributed by atoms with van der Waals surface area (Å²) in [6.07, 6.45) is 3.44. The average Bonchev–Trinajstić information content (AvgIpc) is 3.13. The van der Waals surface area contributed by atoms with Crippen LogP contribution in [-0.2, 0) is 24.3 Å². The van der Waals surface area contributed by atoms with Gasteiger partial charge in [0.1, 0.15) is 10.9 Å². The van der Waals surface area contributed by atoms with E-state index in [-0.39, 0.29) is 32.6 Å². The van der Waals surface area contributed by atoms with E-state index in [9.17, 15) is 22.8 Å². The number of sulfonamides is 1. The molecule has 0 N–H and O–H groups in total. The van der Waals surface area contributed by atoms with Crippen LogP contribution in [0.25, 0.3) is 0 Å². The van der Waals surface area contributed by atoms with Gasteiger partial charge in [0.15, 0.2) is 0 Å². The van der Waals surface area contributed by atoms with E-state index in [1.165, 1.54) is 53.9 Å². The number of ether oxygens (including phenoxy) is 1. The highest BCUT2D eigenvalue weighted by Crippen LogP contribution is 2.37. The highest BCUT2D eigenvalue weighted by molar-refractivity contribution is 7.89. The first-order valence-corrected chi connectivity index (χ1v) is 13.4. The summed E-state index contributed by atoms with van der Waals surface area (Å²) < 4.78 is 33.6. The van der Waals surface area contributed by atoms with E-state index in [4.69, 9.17) is 23.2 Å². The Labute approximate surface area is 213 Å². The van der Waals surface area contributed by atoms with Crippen LogP contribution in [0.15, 0.2) is 47.4 Å². The Morgan fingerprint density at radius 2 is 1.69 bits per heavy atom. The Hall–Kier alpha value is -2.46. The first-order valence-electron chi connectivity index (χ1n) is 11.2. The molecule has 1 saturated heterocycles. The number of esters is 1. The van der Waals surface area contributed by atoms with E-state index in [1.807, 2.05) is 0 Å². The summed E-state index contributed by atoms with van der Waals surface area (Å²) in [6.45, 7) is 0. The zero-order valence-corrected chi connectivity index (χ0v) is 21.3. The summed E-state index contributed by atoms with van der Waals surface area (Å²) in [5, 5.41) is 0.181. The number of carbonyl (C=O) groups excluding carboxylic acids is 3. The van der Waals surface area contributed by atoms with E-state index >= 15 is 0 Å². The van der Waals surface area contributed by atoms with Gasteiger partial charge in [-0.25, -0.2) is 18.1 Å². The van der Waals surface area contributed by atoms with Crippen molar-refractivity contribution in [2.75, 3.05) is 12.0 Å². The quantitative estimate of drug-likeness (QED) is 0.398. The molecule has 2 aromatic carbocycles. The van der Waals surface area contributed by atoms with E-state index in [1.54, 1.807) is 0 Å². The lowest BCUT2D eigenvalue weighted by molar-refractivity contribution is -0.122. The van der Waals surface area contributed by atoms with E-state index < -0.39 is 39.9 Å². The maximum atomic E-state index is 13.9. The molecular weight excluding hydrogens is 515 g/mol. The standard InChI is InChI=1S/C24H24Cl2N2O6S/c1-34-24(31)15-7-10-17(11-8-15)27-22(29)14-20(23(27)30)28(18-5-3-2-4-6-18)35(32,33)21-13-16(25)9-12-19(21)26/h7-13,18,20H,2-6,14H2,1H3. The van der Waals surface area contributed by atoms with E-state index in [0.29, 0.717) is 12.8 Å². The number of methoxy groups -OCH3 is 1. The van der Waals surface area contributed by atoms with Gasteiger partial charge in [-0.2, -0.15) is 4.31 Å². The Morgan fingerprint density at radius 3 is 2.31 bits per heavy atom. The molecule has 1 unspecified atom stereocenters. The molecule has 8 nitrogen and oxygen atoms in total. The molecule has 1 saturated carbocycles. The van der Waals surface area contributed by atoms with Gasteiger partial charge >= 0.3 is 5.97 Å². The first-order chi connectivity index (χ1) is 16.6. The first kappa shape index (κ1) is 25.6. The molecule has 2 aliphatic rings. The predicted molar refractivity (Wildman–Crippen MR) is 131 cm³/mol. The molecule has 1 heterocycles. The van der Waals surface area contributed by atoms with Crippen LogP contribution in [0.2, 0.25) is 10.0 Å². The fourth-order valence-corrected chi connectivity index (χ4v) is 7.26. The van der Waals surface area contributed by atoms with Crippen LogP contribution in [0.4, 0.5) is 5.69 Å². The fourth-order valence-electron chi connectivity index (χ4n) is 4.69. The van der Waals surface area contributed by atoms with Gasteiger partial charge in [-0.05, 0) is 55.3 Å². The molecule has 4 rings (SSSR count). The minimum absolute atomic E-state index is 0.0118. The van der Waals surface area contributed by atoms with Gasteiger partial charge in [0.2, 0.25) is 15.9 Å². The number of halogens is 2. The monoisotopic (exact) mass is 538 g/mol. The summed E-state index contributed by atoms with van der Waals surface area (Å²) >= 11 is 12.3. The van der Waals surface area contributed by atoms with Gasteiger partial charge in [0.05, 0.1) is 29.8 Å². The molecule has 11 heteroatoms. The molecule has 0 spiro atoms. The molecule has 2 aromatic rings. The third kappa shape index (κ3) is 4.95. The van der Waals surface area contributed by atoms with Crippen LogP contribution in [0.3, 0.4) is 0 Å². The van der Waals surface area contributed by atoms with Crippen molar-refractivity contribution >= 4 is 56.7 Å². The van der Waals surface area contributed by atoms with Crippen molar-refractivity contribution < 1.29 is 27.5 Å². The Kier molecular flexibility index (Phi) is 7.51. The second kappa shape index (κ2) is 10.3. The third-order valence-corrected chi connectivity index (χ3v) is 9.04. The van der Waals surface area contributed by atoms with Crippen LogP contribution in [0.1, 0.15) is 48.9 Å². The molecular formula is C24H24Cl2N2O6S. The molecule has 186 valence electrons. The number of amides is 2. The van der Waals surface area contributed by atoms with Crippen molar-refractivity contribution in [1.29, 1.82) is 0 Å². The Morgan fingerprint density at radius 1 is 1.03 bits per heavy atom. The second-order valence-corrected chi connectivity index (χ2v) is 11.2. The molecule has 2 amide bonds. The van der Waals surface area contributed by atoms with Crippen LogP contribution in [0, 0.1) is 0 Å². The summed E-state index contributed by atoms with van der Waals surface area (Å²) in [7, 11) is -3.01.